The summed E-state index contributed by atoms with van der Waals surface area (Å²) >= 11 is 0. The molecule has 0 aliphatic heterocycles. The first-order valence-corrected chi connectivity index (χ1v) is 15.3. The van der Waals surface area contributed by atoms with Gasteiger partial charge < -0.3 is 15.1 Å². The smallest absolute Gasteiger partial charge is 0.372 e. The zero-order chi connectivity index (χ0) is 44.3. The Bertz CT molecular complexity index is 1940. The number of benzene rings is 2. The van der Waals surface area contributed by atoms with Crippen LogP contribution in [0.5, 0.6) is 0 Å². The van der Waals surface area contributed by atoms with E-state index >= 15 is 0 Å². The van der Waals surface area contributed by atoms with Gasteiger partial charge in [0.25, 0.3) is 5.60 Å². The van der Waals surface area contributed by atoms with Gasteiger partial charge in [-0.3, -0.25) is 4.68 Å². The molecule has 0 saturated heterocycles. The molecule has 1 radical (unpaired) electrons. The van der Waals surface area contributed by atoms with Crippen molar-refractivity contribution in [1.82, 2.24) is 19.7 Å². The molecule has 5 nitrogen and oxygen atoms in total. The van der Waals surface area contributed by atoms with Crippen molar-refractivity contribution in [3.63, 3.8) is 0 Å². The molecule has 0 unspecified atom stereocenters. The number of rotatable bonds is 4. The summed E-state index contributed by atoms with van der Waals surface area (Å²) in [4.78, 5) is 7.58. The van der Waals surface area contributed by atoms with Gasteiger partial charge in [0.05, 0.1) is 6.54 Å². The summed E-state index contributed by atoms with van der Waals surface area (Å²) in [6.45, 7) is 1.58. The molecule has 5 rings (SSSR count). The molecule has 2 aromatic carbocycles. The maximum atomic E-state index is 12.7. The summed E-state index contributed by atoms with van der Waals surface area (Å²) in [7, 11) is 0. The van der Waals surface area contributed by atoms with Crippen LogP contribution in [0.15, 0.2) is 79.4 Å². The Morgan fingerprint density at radius 3 is 1.19 bits per heavy atom. The number of alkyl halides is 18. The normalized spacial score (nSPS) is 12.8. The van der Waals surface area contributed by atoms with E-state index in [1.54, 1.807) is 26.0 Å². The molecule has 1 N–H and O–H groups in total. The molecule has 0 amide bonds. The monoisotopic (exact) mass is 1050 g/mol. The van der Waals surface area contributed by atoms with Crippen LogP contribution < -0.4 is 0 Å². The number of halogens is 18. The third-order valence-corrected chi connectivity index (χ3v) is 7.27. The number of aryl methyl sites for hydroxylation is 2. The molecule has 0 fully saturated rings. The van der Waals surface area contributed by atoms with Crippen molar-refractivity contribution in [3.05, 3.63) is 125 Å². The van der Waals surface area contributed by atoms with Crippen molar-refractivity contribution >= 4 is 0 Å². The Balaban J connectivity index is 0.000000306. The number of hydrogen-bond acceptors (Lipinski definition) is 4. The second-order valence-electron chi connectivity index (χ2n) is 11.9. The van der Waals surface area contributed by atoms with Crippen LogP contribution in [-0.2, 0) is 51.4 Å². The van der Waals surface area contributed by atoms with E-state index in [1.165, 1.54) is 24.5 Å². The molecule has 3 heterocycles. The first-order chi connectivity index (χ1) is 26.2. The van der Waals surface area contributed by atoms with Crippen LogP contribution in [0.4, 0.5) is 79.0 Å². The van der Waals surface area contributed by atoms with Gasteiger partial charge in [0.1, 0.15) is 0 Å². The first kappa shape index (κ1) is 50.4. The maximum Gasteiger partial charge on any atom is 0.428 e. The van der Waals surface area contributed by atoms with E-state index < -0.39 is 71.5 Å². The second kappa shape index (κ2) is 18.3. The van der Waals surface area contributed by atoms with Crippen LogP contribution in [0.25, 0.3) is 22.5 Å². The molecule has 3 aromatic heterocycles. The van der Waals surface area contributed by atoms with Crippen LogP contribution in [-0.4, -0.2) is 42.8 Å². The minimum Gasteiger partial charge on any atom is -0.372 e. The van der Waals surface area contributed by atoms with Gasteiger partial charge in [-0.1, -0.05) is 23.3 Å². The molecule has 0 aliphatic rings. The summed E-state index contributed by atoms with van der Waals surface area (Å²) in [6.07, 6.45) is -26.7. The molecule has 5 aromatic rings. The summed E-state index contributed by atoms with van der Waals surface area (Å²) in [6, 6.07) is 12.3. The Labute approximate surface area is 334 Å². The fraction of sp³-hybridized carbons (Fsp3) is 0.286. The van der Waals surface area contributed by atoms with Gasteiger partial charge in [-0.2, -0.15) is 84.1 Å². The number of hydrogen-bond donors (Lipinski definition) is 1. The van der Waals surface area contributed by atoms with E-state index in [0.29, 0.717) is 27.9 Å². The van der Waals surface area contributed by atoms with Crippen LogP contribution in [0, 0.1) is 26.0 Å². The molecule has 24 heteroatoms. The zero-order valence-corrected chi connectivity index (χ0v) is 31.5. The Hall–Kier alpha value is -4.70. The average Bonchev–Trinajstić information content (AvgIpc) is 3.59. The van der Waals surface area contributed by atoms with E-state index in [0.717, 1.165) is 18.5 Å². The van der Waals surface area contributed by atoms with E-state index in [4.69, 9.17) is 5.11 Å². The van der Waals surface area contributed by atoms with E-state index in [1.807, 2.05) is 12.1 Å². The average molecular weight is 1050 g/mol. The van der Waals surface area contributed by atoms with Gasteiger partial charge in [0, 0.05) is 44.9 Å². The van der Waals surface area contributed by atoms with Crippen LogP contribution >= 0.6 is 0 Å². The van der Waals surface area contributed by atoms with Gasteiger partial charge in [0.2, 0.25) is 0 Å². The van der Waals surface area contributed by atoms with E-state index in [9.17, 15) is 79.0 Å². The topological polar surface area (TPSA) is 63.8 Å². The third kappa shape index (κ3) is 13.7. The number of nitrogens with zero attached hydrogens (tertiary/aromatic N) is 4. The third-order valence-electron chi connectivity index (χ3n) is 7.27. The van der Waals surface area contributed by atoms with Crippen LogP contribution in [0.2, 0.25) is 0 Å². The van der Waals surface area contributed by atoms with Crippen molar-refractivity contribution in [2.24, 2.45) is 0 Å². The molecule has 0 atom stereocenters. The van der Waals surface area contributed by atoms with E-state index in [-0.39, 0.29) is 54.8 Å². The summed E-state index contributed by atoms with van der Waals surface area (Å²) < 4.78 is 226. The van der Waals surface area contributed by atoms with E-state index in [2.05, 4.69) is 15.1 Å². The van der Waals surface area contributed by atoms with Crippen LogP contribution in [0.1, 0.15) is 33.4 Å². The van der Waals surface area contributed by atoms with Gasteiger partial charge in [-0.05, 0) is 65.7 Å². The van der Waals surface area contributed by atoms with Gasteiger partial charge in [-0.25, -0.2) is 0 Å². The Kier molecular flexibility index (Phi) is 15.6. The van der Waals surface area contributed by atoms with Gasteiger partial charge in [0.15, 0.2) is 0 Å². The predicted molar refractivity (Wildman–Crippen MR) is 166 cm³/mol. The van der Waals surface area contributed by atoms with Crippen molar-refractivity contribution in [3.8, 4) is 22.5 Å². The number of pyridine rings is 2. The van der Waals surface area contributed by atoms with Gasteiger partial charge in [-0.15, -0.1) is 47.5 Å². The molecular formula is C35H22F18IrN4O-2. The molecule has 0 aliphatic carbocycles. The SMILES string of the molecule is Cc1ccnc(-c2[c-]c(C(F)(F)F)cc(C(F)(F)F)c2)c1.Cc1ccnc(-c2[c-]c(C(F)(F)F)cc(C(F)(F)F)c2)c1.OC(Cn1cccn1)(C(F)(F)F)C(F)(F)F.[Ir]. The van der Waals surface area contributed by atoms with Gasteiger partial charge >= 0.3 is 37.1 Å². The zero-order valence-electron chi connectivity index (χ0n) is 29.1. The molecule has 0 bridgehead atoms. The van der Waals surface area contributed by atoms with Crippen molar-refractivity contribution in [2.75, 3.05) is 0 Å². The quantitative estimate of drug-likeness (QED) is 0.144. The fourth-order valence-corrected chi connectivity index (χ4v) is 4.38. The largest absolute Gasteiger partial charge is 0.428 e. The van der Waals surface area contributed by atoms with Crippen molar-refractivity contribution in [1.29, 1.82) is 0 Å². The summed E-state index contributed by atoms with van der Waals surface area (Å²) in [5, 5.41) is 11.9. The maximum absolute atomic E-state index is 12.7. The first-order valence-electron chi connectivity index (χ1n) is 15.3. The molecule has 59 heavy (non-hydrogen) atoms. The fourth-order valence-electron chi connectivity index (χ4n) is 4.38. The van der Waals surface area contributed by atoms with Crippen molar-refractivity contribution in [2.45, 2.75) is 63.1 Å². The molecule has 325 valence electrons. The minimum absolute atomic E-state index is 0. The van der Waals surface area contributed by atoms with Crippen LogP contribution in [0.3, 0.4) is 0 Å². The summed E-state index contributed by atoms with van der Waals surface area (Å²) in [5.74, 6) is 0. The molecular weight excluding hydrogens is 1030 g/mol. The molecule has 0 spiro atoms. The standard InChI is InChI=1S/2C14H8F6N.C7H6F6N2O.Ir/c2*1-8-2-3-21-12(4-8)9-5-10(13(15,16)17)7-11(6-9)14(18,19)20;8-6(9,10)5(16,7(11,12)13)4-15-3-1-2-14-15;/h2*2-5,7H,1H3;1-3,16H,4H2;/q2*-1;;. The summed E-state index contributed by atoms with van der Waals surface area (Å²) in [5.41, 5.74) is -9.87. The minimum atomic E-state index is -5.82. The predicted octanol–water partition coefficient (Wildman–Crippen LogP) is 11.5. The molecule has 0 saturated carbocycles. The number of aliphatic hydroxyl groups is 1. The van der Waals surface area contributed by atoms with Crippen molar-refractivity contribution < 1.29 is 104 Å². The Morgan fingerprint density at radius 1 is 0.542 bits per heavy atom. The Morgan fingerprint density at radius 2 is 0.915 bits per heavy atom. The number of aromatic nitrogens is 4. The second-order valence-corrected chi connectivity index (χ2v) is 11.9.